The average Bonchev–Trinajstić information content (AvgIpc) is 2.76. The normalized spacial score (nSPS) is 14.5. The highest BCUT2D eigenvalue weighted by molar-refractivity contribution is 5.93. The van der Waals surface area contributed by atoms with Gasteiger partial charge in [-0.1, -0.05) is 30.3 Å². The Kier molecular flexibility index (Phi) is 7.28. The van der Waals surface area contributed by atoms with Gasteiger partial charge in [0.1, 0.15) is 0 Å². The maximum Gasteiger partial charge on any atom is 0.227 e. The van der Waals surface area contributed by atoms with Crippen LogP contribution in [0.15, 0.2) is 54.6 Å². The molecule has 2 amide bonds. The molecule has 29 heavy (non-hydrogen) atoms. The average molecular weight is 394 g/mol. The molecule has 1 N–H and O–H groups in total. The van der Waals surface area contributed by atoms with E-state index < -0.39 is 0 Å². The number of carbonyl (C=O) groups is 2. The van der Waals surface area contributed by atoms with Gasteiger partial charge in [-0.2, -0.15) is 0 Å². The van der Waals surface area contributed by atoms with Crippen molar-refractivity contribution in [2.24, 2.45) is 5.92 Å². The minimum Gasteiger partial charge on any atom is -0.372 e. The fourth-order valence-electron chi connectivity index (χ4n) is 3.86. The topological polar surface area (TPSA) is 52.7 Å². The van der Waals surface area contributed by atoms with Gasteiger partial charge in [-0.05, 0) is 56.5 Å². The molecule has 2 aromatic rings. The van der Waals surface area contributed by atoms with Crippen LogP contribution in [0.4, 0.5) is 11.4 Å². The lowest BCUT2D eigenvalue weighted by molar-refractivity contribution is -0.133. The van der Waals surface area contributed by atoms with Gasteiger partial charge >= 0.3 is 0 Å². The third-order valence-corrected chi connectivity index (χ3v) is 5.68. The molecule has 0 aliphatic carbocycles. The Morgan fingerprint density at radius 1 is 0.966 bits per heavy atom. The predicted molar refractivity (Wildman–Crippen MR) is 118 cm³/mol. The van der Waals surface area contributed by atoms with Gasteiger partial charge in [0.25, 0.3) is 0 Å². The minimum absolute atomic E-state index is 0.0433. The summed E-state index contributed by atoms with van der Waals surface area (Å²) in [6.45, 7) is 7.48. The molecular formula is C24H31N3O2. The molecule has 0 atom stereocenters. The zero-order valence-corrected chi connectivity index (χ0v) is 17.4. The van der Waals surface area contributed by atoms with Crippen LogP contribution in [0, 0.1) is 5.92 Å². The highest BCUT2D eigenvalue weighted by Gasteiger charge is 2.27. The summed E-state index contributed by atoms with van der Waals surface area (Å²) in [5.41, 5.74) is 3.03. The number of nitrogens with one attached hydrogen (secondary N) is 1. The molecule has 0 radical (unpaired) electrons. The number of rotatable bonds is 7. The largest absolute Gasteiger partial charge is 0.372 e. The molecule has 1 saturated heterocycles. The van der Waals surface area contributed by atoms with Gasteiger partial charge in [-0.15, -0.1) is 0 Å². The number of nitrogens with zero attached hydrogens (tertiary/aromatic N) is 2. The molecule has 0 unspecified atom stereocenters. The quantitative estimate of drug-likeness (QED) is 0.775. The van der Waals surface area contributed by atoms with Gasteiger partial charge in [-0.25, -0.2) is 0 Å². The van der Waals surface area contributed by atoms with Crippen molar-refractivity contribution in [3.63, 3.8) is 0 Å². The van der Waals surface area contributed by atoms with Crippen LogP contribution in [-0.4, -0.2) is 42.9 Å². The number of anilines is 2. The van der Waals surface area contributed by atoms with Gasteiger partial charge in [0.2, 0.25) is 11.8 Å². The van der Waals surface area contributed by atoms with Crippen LogP contribution < -0.4 is 10.2 Å². The van der Waals surface area contributed by atoms with Crippen molar-refractivity contribution < 1.29 is 9.59 Å². The molecule has 2 aromatic carbocycles. The Hall–Kier alpha value is -2.82. The Labute approximate surface area is 173 Å². The summed E-state index contributed by atoms with van der Waals surface area (Å²) in [5, 5.41) is 3.04. The SMILES string of the molecule is CCN(CC)c1ccc(NC(=O)C2CCN(C(=O)Cc3ccccc3)CC2)cc1. The van der Waals surface area contributed by atoms with Gasteiger partial charge in [-0.3, -0.25) is 9.59 Å². The van der Waals surface area contributed by atoms with E-state index >= 15 is 0 Å². The Bertz CT molecular complexity index is 793. The lowest BCUT2D eigenvalue weighted by atomic mass is 9.95. The van der Waals surface area contributed by atoms with E-state index in [1.54, 1.807) is 0 Å². The first kappa shape index (κ1) is 20.9. The Morgan fingerprint density at radius 3 is 2.17 bits per heavy atom. The third kappa shape index (κ3) is 5.59. The van der Waals surface area contributed by atoms with Gasteiger partial charge in [0.05, 0.1) is 6.42 Å². The lowest BCUT2D eigenvalue weighted by Gasteiger charge is -2.31. The number of amides is 2. The summed E-state index contributed by atoms with van der Waals surface area (Å²) in [6, 6.07) is 17.8. The van der Waals surface area contributed by atoms with Crippen molar-refractivity contribution in [1.29, 1.82) is 0 Å². The Balaban J connectivity index is 1.48. The summed E-state index contributed by atoms with van der Waals surface area (Å²) in [7, 11) is 0. The van der Waals surface area contributed by atoms with E-state index in [0.717, 1.165) is 24.3 Å². The second-order valence-corrected chi connectivity index (χ2v) is 7.53. The van der Waals surface area contributed by atoms with Crippen molar-refractivity contribution in [1.82, 2.24) is 4.90 Å². The van der Waals surface area contributed by atoms with Gasteiger partial charge in [0, 0.05) is 43.5 Å². The number of hydrogen-bond donors (Lipinski definition) is 1. The van der Waals surface area contributed by atoms with Crippen LogP contribution in [0.3, 0.4) is 0 Å². The standard InChI is InChI=1S/C24H31N3O2/c1-3-26(4-2)22-12-10-21(11-13-22)25-24(29)20-14-16-27(17-15-20)23(28)18-19-8-6-5-7-9-19/h5-13,20H,3-4,14-18H2,1-2H3,(H,25,29). The number of piperidine rings is 1. The summed E-state index contributed by atoms with van der Waals surface area (Å²) in [6.07, 6.45) is 1.85. The lowest BCUT2D eigenvalue weighted by Crippen LogP contribution is -2.42. The molecule has 1 heterocycles. The van der Waals surface area contributed by atoms with E-state index in [-0.39, 0.29) is 17.7 Å². The molecule has 0 saturated carbocycles. The fourth-order valence-corrected chi connectivity index (χ4v) is 3.86. The van der Waals surface area contributed by atoms with Crippen LogP contribution in [0.5, 0.6) is 0 Å². The van der Waals surface area contributed by atoms with E-state index in [1.165, 1.54) is 5.69 Å². The van der Waals surface area contributed by atoms with Crippen molar-refractivity contribution in [3.05, 3.63) is 60.2 Å². The van der Waals surface area contributed by atoms with Crippen molar-refractivity contribution in [2.75, 3.05) is 36.4 Å². The maximum atomic E-state index is 12.6. The van der Waals surface area contributed by atoms with Gasteiger partial charge < -0.3 is 15.1 Å². The number of benzene rings is 2. The predicted octanol–water partition coefficient (Wildman–Crippen LogP) is 3.95. The van der Waals surface area contributed by atoms with E-state index in [0.29, 0.717) is 32.4 Å². The molecule has 1 fully saturated rings. The van der Waals surface area contributed by atoms with E-state index in [2.05, 4.69) is 24.1 Å². The third-order valence-electron chi connectivity index (χ3n) is 5.68. The molecular weight excluding hydrogens is 362 g/mol. The molecule has 3 rings (SSSR count). The number of hydrogen-bond acceptors (Lipinski definition) is 3. The number of carbonyl (C=O) groups excluding carboxylic acids is 2. The first-order chi connectivity index (χ1) is 14.1. The van der Waals surface area contributed by atoms with Crippen LogP contribution >= 0.6 is 0 Å². The van der Waals surface area contributed by atoms with E-state index in [1.807, 2.05) is 59.5 Å². The summed E-state index contributed by atoms with van der Waals surface area (Å²) >= 11 is 0. The second-order valence-electron chi connectivity index (χ2n) is 7.53. The fraction of sp³-hybridized carbons (Fsp3) is 0.417. The van der Waals surface area contributed by atoms with Crippen LogP contribution in [0.2, 0.25) is 0 Å². The molecule has 1 aliphatic heterocycles. The molecule has 5 nitrogen and oxygen atoms in total. The second kappa shape index (κ2) is 10.1. The van der Waals surface area contributed by atoms with E-state index in [4.69, 9.17) is 0 Å². The molecule has 0 bridgehead atoms. The van der Waals surface area contributed by atoms with E-state index in [9.17, 15) is 9.59 Å². The Morgan fingerprint density at radius 2 is 1.59 bits per heavy atom. The molecule has 0 spiro atoms. The first-order valence-corrected chi connectivity index (χ1v) is 10.6. The van der Waals surface area contributed by atoms with Crippen molar-refractivity contribution in [2.45, 2.75) is 33.1 Å². The van der Waals surface area contributed by atoms with Gasteiger partial charge in [0.15, 0.2) is 0 Å². The minimum atomic E-state index is -0.0433. The zero-order valence-electron chi connectivity index (χ0n) is 17.4. The number of likely N-dealkylation sites (tertiary alicyclic amines) is 1. The van der Waals surface area contributed by atoms with Crippen LogP contribution in [-0.2, 0) is 16.0 Å². The monoisotopic (exact) mass is 393 g/mol. The van der Waals surface area contributed by atoms with Crippen molar-refractivity contribution >= 4 is 23.2 Å². The molecule has 1 aliphatic rings. The smallest absolute Gasteiger partial charge is 0.227 e. The first-order valence-electron chi connectivity index (χ1n) is 10.6. The summed E-state index contributed by atoms with van der Waals surface area (Å²) in [5.74, 6) is 0.149. The molecule has 5 heteroatoms. The highest BCUT2D eigenvalue weighted by Crippen LogP contribution is 2.22. The van der Waals surface area contributed by atoms with Crippen molar-refractivity contribution in [3.8, 4) is 0 Å². The van der Waals surface area contributed by atoms with Crippen LogP contribution in [0.25, 0.3) is 0 Å². The summed E-state index contributed by atoms with van der Waals surface area (Å²) < 4.78 is 0. The molecule has 0 aromatic heterocycles. The van der Waals surface area contributed by atoms with Crippen LogP contribution in [0.1, 0.15) is 32.3 Å². The zero-order chi connectivity index (χ0) is 20.6. The highest BCUT2D eigenvalue weighted by atomic mass is 16.2. The summed E-state index contributed by atoms with van der Waals surface area (Å²) in [4.78, 5) is 29.3. The molecule has 154 valence electrons. The maximum absolute atomic E-state index is 12.6.